The van der Waals surface area contributed by atoms with E-state index in [2.05, 4.69) is 36.1 Å². The predicted molar refractivity (Wildman–Crippen MR) is 151 cm³/mol. The van der Waals surface area contributed by atoms with Crippen molar-refractivity contribution in [2.24, 2.45) is 11.0 Å². The minimum atomic E-state index is -0.210. The number of rotatable bonds is 9. The highest BCUT2D eigenvalue weighted by molar-refractivity contribution is 6.03. The molecule has 2 aliphatic heterocycles. The van der Waals surface area contributed by atoms with Gasteiger partial charge in [0.15, 0.2) is 0 Å². The maximum Gasteiger partial charge on any atom is 0.262 e. The van der Waals surface area contributed by atoms with Gasteiger partial charge in [-0.25, -0.2) is 5.01 Å². The highest BCUT2D eigenvalue weighted by atomic mass is 16.5. The van der Waals surface area contributed by atoms with Gasteiger partial charge in [0.05, 0.1) is 32.1 Å². The van der Waals surface area contributed by atoms with Crippen LogP contribution < -0.4 is 4.74 Å². The van der Waals surface area contributed by atoms with E-state index in [-0.39, 0.29) is 30.3 Å². The Hall–Kier alpha value is -3.23. The molecule has 2 aromatic carbocycles. The maximum absolute atomic E-state index is 13.9. The van der Waals surface area contributed by atoms with E-state index in [9.17, 15) is 9.59 Å². The molecule has 1 saturated carbocycles. The summed E-state index contributed by atoms with van der Waals surface area (Å²) in [6.07, 6.45) is 4.61. The largest absolute Gasteiger partial charge is 0.497 e. The molecule has 2 amide bonds. The summed E-state index contributed by atoms with van der Waals surface area (Å²) in [5.41, 5.74) is 4.04. The minimum absolute atomic E-state index is 0.0207. The summed E-state index contributed by atoms with van der Waals surface area (Å²) < 4.78 is 10.8. The highest BCUT2D eigenvalue weighted by Gasteiger charge is 2.36. The lowest BCUT2D eigenvalue weighted by Crippen LogP contribution is -2.47. The topological polar surface area (TPSA) is 74.7 Å². The van der Waals surface area contributed by atoms with Crippen LogP contribution in [-0.2, 0) is 14.3 Å². The number of hydrogen-bond donors (Lipinski definition) is 0. The molecule has 0 N–H and O–H groups in total. The molecule has 2 aromatic rings. The molecule has 1 aliphatic carbocycles. The SMILES string of the molecule is COc1ccc(C2=NN(C(=O)CN(CCN3CCOCC3)C(=O)C3CCCC3)C(c3ccc(C)cc3)C2)cc1. The lowest BCUT2D eigenvalue weighted by Gasteiger charge is -2.32. The van der Waals surface area contributed by atoms with E-state index >= 15 is 0 Å². The molecule has 8 nitrogen and oxygen atoms in total. The molecule has 208 valence electrons. The number of hydrogen-bond acceptors (Lipinski definition) is 6. The zero-order chi connectivity index (χ0) is 27.2. The van der Waals surface area contributed by atoms with Crippen LogP contribution >= 0.6 is 0 Å². The number of aryl methyl sites for hydroxylation is 1. The summed E-state index contributed by atoms with van der Waals surface area (Å²) in [4.78, 5) is 31.6. The Morgan fingerprint density at radius 3 is 2.38 bits per heavy atom. The molecule has 2 heterocycles. The smallest absolute Gasteiger partial charge is 0.262 e. The third-order valence-corrected chi connectivity index (χ3v) is 8.18. The zero-order valence-electron chi connectivity index (χ0n) is 23.2. The van der Waals surface area contributed by atoms with E-state index in [0.29, 0.717) is 26.2 Å². The van der Waals surface area contributed by atoms with E-state index in [1.54, 1.807) is 17.0 Å². The van der Waals surface area contributed by atoms with Crippen LogP contribution in [0.1, 0.15) is 54.8 Å². The molecule has 0 spiro atoms. The van der Waals surface area contributed by atoms with Crippen LogP contribution in [0.5, 0.6) is 5.75 Å². The van der Waals surface area contributed by atoms with Crippen LogP contribution in [0.2, 0.25) is 0 Å². The number of amides is 2. The van der Waals surface area contributed by atoms with Gasteiger partial charge in [0.25, 0.3) is 5.91 Å². The molecule has 2 fully saturated rings. The Morgan fingerprint density at radius 2 is 1.72 bits per heavy atom. The molecule has 0 bridgehead atoms. The van der Waals surface area contributed by atoms with Crippen molar-refractivity contribution in [2.75, 3.05) is 53.0 Å². The second-order valence-corrected chi connectivity index (χ2v) is 10.8. The molecule has 1 atom stereocenters. The number of ether oxygens (including phenoxy) is 2. The lowest BCUT2D eigenvalue weighted by molar-refractivity contribution is -0.144. The summed E-state index contributed by atoms with van der Waals surface area (Å²) in [6, 6.07) is 15.9. The van der Waals surface area contributed by atoms with Crippen LogP contribution in [0.25, 0.3) is 0 Å². The zero-order valence-corrected chi connectivity index (χ0v) is 23.2. The molecule has 5 rings (SSSR count). The Morgan fingerprint density at radius 1 is 1.03 bits per heavy atom. The van der Waals surface area contributed by atoms with Crippen LogP contribution in [0.4, 0.5) is 0 Å². The fourth-order valence-electron chi connectivity index (χ4n) is 5.77. The van der Waals surface area contributed by atoms with Crippen molar-refractivity contribution >= 4 is 17.5 Å². The lowest BCUT2D eigenvalue weighted by atomic mass is 9.97. The maximum atomic E-state index is 13.9. The van der Waals surface area contributed by atoms with E-state index in [0.717, 1.165) is 67.9 Å². The summed E-state index contributed by atoms with van der Waals surface area (Å²) in [5, 5.41) is 6.47. The molecule has 8 heteroatoms. The third kappa shape index (κ3) is 6.68. The minimum Gasteiger partial charge on any atom is -0.497 e. The van der Waals surface area contributed by atoms with E-state index in [1.165, 1.54) is 5.56 Å². The average Bonchev–Trinajstić information content (AvgIpc) is 3.67. The number of morpholine rings is 1. The second-order valence-electron chi connectivity index (χ2n) is 10.8. The molecule has 1 saturated heterocycles. The van der Waals surface area contributed by atoms with E-state index in [4.69, 9.17) is 14.6 Å². The summed E-state index contributed by atoms with van der Waals surface area (Å²) in [6.45, 7) is 6.53. The molecule has 3 aliphatic rings. The van der Waals surface area contributed by atoms with E-state index < -0.39 is 0 Å². The molecule has 0 radical (unpaired) electrons. The molecule has 39 heavy (non-hydrogen) atoms. The van der Waals surface area contributed by atoms with Crippen LogP contribution in [-0.4, -0.2) is 85.4 Å². The van der Waals surface area contributed by atoms with Crippen molar-refractivity contribution in [3.63, 3.8) is 0 Å². The predicted octanol–water partition coefficient (Wildman–Crippen LogP) is 4.03. The van der Waals surface area contributed by atoms with Crippen molar-refractivity contribution in [2.45, 2.75) is 45.1 Å². The number of nitrogens with zero attached hydrogens (tertiary/aromatic N) is 4. The molecule has 0 aromatic heterocycles. The van der Waals surface area contributed by atoms with Gasteiger partial charge in [-0.2, -0.15) is 5.10 Å². The monoisotopic (exact) mass is 532 g/mol. The second kappa shape index (κ2) is 12.7. The first kappa shape index (κ1) is 27.3. The Labute approximate surface area is 231 Å². The number of hydrazone groups is 1. The summed E-state index contributed by atoms with van der Waals surface area (Å²) in [5.74, 6) is 0.769. The standard InChI is InChI=1S/C31H40N4O4/c1-23-7-9-25(10-8-23)29-21-28(24-11-13-27(38-2)14-12-24)32-35(29)30(36)22-34(31(37)26-5-3-4-6-26)16-15-33-17-19-39-20-18-33/h7-14,26,29H,3-6,15-22H2,1-2H3. The number of benzene rings is 2. The Kier molecular flexibility index (Phi) is 8.94. The van der Waals surface area contributed by atoms with Crippen LogP contribution in [0.3, 0.4) is 0 Å². The summed E-state index contributed by atoms with van der Waals surface area (Å²) in [7, 11) is 1.65. The van der Waals surface area contributed by atoms with Crippen molar-refractivity contribution in [1.29, 1.82) is 0 Å². The van der Waals surface area contributed by atoms with Gasteiger partial charge in [-0.3, -0.25) is 14.5 Å². The first-order valence-corrected chi connectivity index (χ1v) is 14.2. The Bertz CT molecular complexity index is 1150. The number of carbonyl (C=O) groups excluding carboxylic acids is 2. The third-order valence-electron chi connectivity index (χ3n) is 8.18. The Balaban J connectivity index is 1.37. The quantitative estimate of drug-likeness (QED) is 0.488. The number of methoxy groups -OCH3 is 1. The molecule has 1 unspecified atom stereocenters. The van der Waals surface area contributed by atoms with Crippen molar-refractivity contribution in [1.82, 2.24) is 14.8 Å². The van der Waals surface area contributed by atoms with E-state index in [1.807, 2.05) is 24.3 Å². The molecular formula is C31H40N4O4. The van der Waals surface area contributed by atoms with Crippen LogP contribution in [0.15, 0.2) is 53.6 Å². The normalized spacial score (nSPS) is 20.2. The first-order valence-electron chi connectivity index (χ1n) is 14.2. The van der Waals surface area contributed by atoms with Crippen molar-refractivity contribution in [3.05, 3.63) is 65.2 Å². The van der Waals surface area contributed by atoms with Gasteiger partial charge in [-0.05, 0) is 55.2 Å². The van der Waals surface area contributed by atoms with Gasteiger partial charge in [-0.15, -0.1) is 0 Å². The van der Waals surface area contributed by atoms with Gasteiger partial charge in [-0.1, -0.05) is 42.7 Å². The molecular weight excluding hydrogens is 492 g/mol. The fourth-order valence-corrected chi connectivity index (χ4v) is 5.77. The van der Waals surface area contributed by atoms with Gasteiger partial charge in [0.1, 0.15) is 12.3 Å². The van der Waals surface area contributed by atoms with Crippen molar-refractivity contribution < 1.29 is 19.1 Å². The van der Waals surface area contributed by atoms with Crippen molar-refractivity contribution in [3.8, 4) is 5.75 Å². The van der Waals surface area contributed by atoms with Gasteiger partial charge >= 0.3 is 0 Å². The number of carbonyl (C=O) groups is 2. The van der Waals surface area contributed by atoms with Gasteiger partial charge < -0.3 is 14.4 Å². The fraction of sp³-hybridized carbons (Fsp3) is 0.516. The first-order chi connectivity index (χ1) is 19.0. The van der Waals surface area contributed by atoms with Crippen LogP contribution in [0, 0.1) is 12.8 Å². The highest BCUT2D eigenvalue weighted by Crippen LogP contribution is 2.34. The average molecular weight is 533 g/mol. The van der Waals surface area contributed by atoms with Gasteiger partial charge in [0, 0.05) is 38.5 Å². The van der Waals surface area contributed by atoms with Gasteiger partial charge in [0.2, 0.25) is 5.91 Å². The summed E-state index contributed by atoms with van der Waals surface area (Å²) >= 11 is 0.